The van der Waals surface area contributed by atoms with Crippen LogP contribution < -0.4 is 0 Å². The third kappa shape index (κ3) is 3.41. The van der Waals surface area contributed by atoms with Gasteiger partial charge in [0.1, 0.15) is 5.82 Å². The Morgan fingerprint density at radius 1 is 1.21 bits per heavy atom. The third-order valence-corrected chi connectivity index (χ3v) is 5.04. The Morgan fingerprint density at radius 3 is 2.82 bits per heavy atom. The number of fused-ring (bicyclic) bond motifs is 1. The van der Waals surface area contributed by atoms with Crippen LogP contribution >= 0.6 is 0 Å². The summed E-state index contributed by atoms with van der Waals surface area (Å²) in [4.78, 5) is 15.2. The summed E-state index contributed by atoms with van der Waals surface area (Å²) in [6.07, 6.45) is 5.80. The van der Waals surface area contributed by atoms with E-state index in [0.29, 0.717) is 13.0 Å². The molecule has 0 saturated heterocycles. The van der Waals surface area contributed by atoms with E-state index in [1.807, 2.05) is 35.9 Å². The van der Waals surface area contributed by atoms with Gasteiger partial charge in [0.05, 0.1) is 12.7 Å². The number of rotatable bonds is 6. The Kier molecular flexibility index (Phi) is 4.69. The van der Waals surface area contributed by atoms with Crippen molar-refractivity contribution in [2.45, 2.75) is 26.3 Å². The van der Waals surface area contributed by atoms with Crippen molar-refractivity contribution >= 4 is 16.9 Å². The van der Waals surface area contributed by atoms with Gasteiger partial charge >= 0.3 is 5.97 Å². The molecule has 4 rings (SSSR count). The van der Waals surface area contributed by atoms with E-state index in [4.69, 9.17) is 5.11 Å². The molecule has 28 heavy (non-hydrogen) atoms. The maximum Gasteiger partial charge on any atom is 0.303 e. The van der Waals surface area contributed by atoms with Crippen LogP contribution in [0.4, 0.5) is 4.39 Å². The fraction of sp³-hybridized carbons (Fsp3) is 0.182. The predicted octanol–water partition coefficient (Wildman–Crippen LogP) is 4.34. The van der Waals surface area contributed by atoms with Crippen LogP contribution in [0.5, 0.6) is 0 Å². The second-order valence-electron chi connectivity index (χ2n) is 6.85. The van der Waals surface area contributed by atoms with E-state index in [2.05, 4.69) is 15.6 Å². The molecule has 0 bridgehead atoms. The molecule has 0 atom stereocenters. The van der Waals surface area contributed by atoms with Crippen LogP contribution in [0, 0.1) is 12.7 Å². The van der Waals surface area contributed by atoms with Gasteiger partial charge in [-0.1, -0.05) is 12.1 Å². The number of aryl methyl sites for hydroxylation is 1. The lowest BCUT2D eigenvalue weighted by Crippen LogP contribution is -2.08. The molecular formula is C22H20FN3O2. The van der Waals surface area contributed by atoms with E-state index in [0.717, 1.165) is 33.4 Å². The molecule has 142 valence electrons. The van der Waals surface area contributed by atoms with E-state index in [9.17, 15) is 9.18 Å². The van der Waals surface area contributed by atoms with Gasteiger partial charge in [-0.15, -0.1) is 0 Å². The standard InChI is InChI=1S/C22H20FN3O2/c1-15-19-12-17(23)5-6-21(19)26(20(15)7-8-22(27)28)13-16-3-2-4-18(11-16)25-10-9-24-14-25/h2-6,9-12,14H,7-8,13H2,1H3,(H,27,28). The summed E-state index contributed by atoms with van der Waals surface area (Å²) < 4.78 is 17.8. The van der Waals surface area contributed by atoms with Gasteiger partial charge < -0.3 is 14.2 Å². The maximum atomic E-state index is 13.8. The number of benzene rings is 2. The Balaban J connectivity index is 1.78. The summed E-state index contributed by atoms with van der Waals surface area (Å²) in [6, 6.07) is 12.8. The summed E-state index contributed by atoms with van der Waals surface area (Å²) in [5.74, 6) is -1.14. The number of carboxylic acids is 1. The highest BCUT2D eigenvalue weighted by Crippen LogP contribution is 2.28. The van der Waals surface area contributed by atoms with E-state index in [1.54, 1.807) is 18.6 Å². The summed E-state index contributed by atoms with van der Waals surface area (Å²) in [5, 5.41) is 9.95. The van der Waals surface area contributed by atoms with E-state index < -0.39 is 5.97 Å². The van der Waals surface area contributed by atoms with Crippen molar-refractivity contribution in [2.24, 2.45) is 0 Å². The molecule has 0 spiro atoms. The molecule has 0 aliphatic carbocycles. The highest BCUT2D eigenvalue weighted by atomic mass is 19.1. The largest absolute Gasteiger partial charge is 0.481 e. The lowest BCUT2D eigenvalue weighted by atomic mass is 10.1. The van der Waals surface area contributed by atoms with Crippen LogP contribution in [0.1, 0.15) is 23.2 Å². The van der Waals surface area contributed by atoms with Gasteiger partial charge in [0, 0.05) is 41.2 Å². The second-order valence-corrected chi connectivity index (χ2v) is 6.85. The highest BCUT2D eigenvalue weighted by Gasteiger charge is 2.16. The van der Waals surface area contributed by atoms with Crippen molar-refractivity contribution in [1.82, 2.24) is 14.1 Å². The quantitative estimate of drug-likeness (QED) is 0.544. The molecule has 0 aliphatic heterocycles. The molecule has 2 aromatic heterocycles. The van der Waals surface area contributed by atoms with Gasteiger partial charge in [-0.05, 0) is 54.8 Å². The van der Waals surface area contributed by atoms with Crippen LogP contribution in [0.3, 0.4) is 0 Å². The first kappa shape index (κ1) is 18.0. The number of carbonyl (C=O) groups is 1. The lowest BCUT2D eigenvalue weighted by molar-refractivity contribution is -0.136. The Morgan fingerprint density at radius 2 is 2.07 bits per heavy atom. The minimum absolute atomic E-state index is 0.0364. The monoisotopic (exact) mass is 377 g/mol. The smallest absolute Gasteiger partial charge is 0.303 e. The molecule has 0 aliphatic rings. The zero-order valence-electron chi connectivity index (χ0n) is 15.5. The van der Waals surface area contributed by atoms with Gasteiger partial charge in [0.25, 0.3) is 0 Å². The Labute approximate surface area is 161 Å². The average molecular weight is 377 g/mol. The van der Waals surface area contributed by atoms with Gasteiger partial charge in [0.15, 0.2) is 0 Å². The topological polar surface area (TPSA) is 60.0 Å². The fourth-order valence-corrected chi connectivity index (χ4v) is 3.69. The van der Waals surface area contributed by atoms with Gasteiger partial charge in [-0.3, -0.25) is 4.79 Å². The number of aliphatic carboxylic acids is 1. The zero-order chi connectivity index (χ0) is 19.7. The molecule has 0 amide bonds. The zero-order valence-corrected chi connectivity index (χ0v) is 15.5. The average Bonchev–Trinajstić information content (AvgIpc) is 3.29. The molecule has 6 heteroatoms. The van der Waals surface area contributed by atoms with Crippen molar-refractivity contribution in [2.75, 3.05) is 0 Å². The molecule has 2 aromatic carbocycles. The first-order valence-electron chi connectivity index (χ1n) is 9.09. The minimum Gasteiger partial charge on any atom is -0.481 e. The third-order valence-electron chi connectivity index (χ3n) is 5.04. The number of aromatic nitrogens is 3. The summed E-state index contributed by atoms with van der Waals surface area (Å²) in [6.45, 7) is 2.50. The van der Waals surface area contributed by atoms with Crippen LogP contribution in [-0.2, 0) is 17.8 Å². The van der Waals surface area contributed by atoms with E-state index in [-0.39, 0.29) is 12.2 Å². The number of hydrogen-bond acceptors (Lipinski definition) is 2. The van der Waals surface area contributed by atoms with Gasteiger partial charge in [-0.25, -0.2) is 9.37 Å². The maximum absolute atomic E-state index is 13.8. The molecule has 0 unspecified atom stereocenters. The number of carboxylic acid groups (broad SMARTS) is 1. The first-order chi connectivity index (χ1) is 13.5. The lowest BCUT2D eigenvalue weighted by Gasteiger charge is -2.13. The second kappa shape index (κ2) is 7.31. The molecule has 0 saturated carbocycles. The van der Waals surface area contributed by atoms with Crippen LogP contribution in [0.2, 0.25) is 0 Å². The molecule has 5 nitrogen and oxygen atoms in total. The molecule has 0 fully saturated rings. The van der Waals surface area contributed by atoms with Crippen LogP contribution in [0.15, 0.2) is 61.2 Å². The number of halogens is 1. The highest BCUT2D eigenvalue weighted by molar-refractivity contribution is 5.85. The van der Waals surface area contributed by atoms with Crippen molar-refractivity contribution in [3.8, 4) is 5.69 Å². The van der Waals surface area contributed by atoms with Crippen LogP contribution in [-0.4, -0.2) is 25.2 Å². The number of nitrogens with zero attached hydrogens (tertiary/aromatic N) is 3. The first-order valence-corrected chi connectivity index (χ1v) is 9.09. The molecule has 0 radical (unpaired) electrons. The van der Waals surface area contributed by atoms with E-state index >= 15 is 0 Å². The molecule has 4 aromatic rings. The van der Waals surface area contributed by atoms with Gasteiger partial charge in [0.2, 0.25) is 0 Å². The normalized spacial score (nSPS) is 11.2. The predicted molar refractivity (Wildman–Crippen MR) is 105 cm³/mol. The van der Waals surface area contributed by atoms with Crippen molar-refractivity contribution in [3.63, 3.8) is 0 Å². The Bertz CT molecular complexity index is 1150. The van der Waals surface area contributed by atoms with Crippen molar-refractivity contribution in [1.29, 1.82) is 0 Å². The molecule has 2 heterocycles. The summed E-state index contributed by atoms with van der Waals surface area (Å²) in [7, 11) is 0. The minimum atomic E-state index is -0.843. The Hall–Kier alpha value is -3.41. The van der Waals surface area contributed by atoms with E-state index in [1.165, 1.54) is 12.1 Å². The fourth-order valence-electron chi connectivity index (χ4n) is 3.69. The molecule has 1 N–H and O–H groups in total. The SMILES string of the molecule is Cc1c(CCC(=O)O)n(Cc2cccc(-n3ccnc3)c2)c2ccc(F)cc12. The van der Waals surface area contributed by atoms with Crippen molar-refractivity contribution in [3.05, 3.63) is 83.8 Å². The number of hydrogen-bond donors (Lipinski definition) is 1. The van der Waals surface area contributed by atoms with Crippen molar-refractivity contribution < 1.29 is 14.3 Å². The molecular weight excluding hydrogens is 357 g/mol. The van der Waals surface area contributed by atoms with Crippen LogP contribution in [0.25, 0.3) is 16.6 Å². The summed E-state index contributed by atoms with van der Waals surface area (Å²) >= 11 is 0. The summed E-state index contributed by atoms with van der Waals surface area (Å²) in [5.41, 5.74) is 4.84. The number of imidazole rings is 1. The van der Waals surface area contributed by atoms with Gasteiger partial charge in [-0.2, -0.15) is 0 Å².